The Labute approximate surface area is 214 Å². The summed E-state index contributed by atoms with van der Waals surface area (Å²) in [6.07, 6.45) is 3.25. The molecule has 0 spiro atoms. The van der Waals surface area contributed by atoms with Gasteiger partial charge in [-0.2, -0.15) is 0 Å². The molecule has 37 heavy (non-hydrogen) atoms. The van der Waals surface area contributed by atoms with E-state index in [1.807, 2.05) is 36.4 Å². The Bertz CT molecular complexity index is 1780. The van der Waals surface area contributed by atoms with Crippen LogP contribution in [0, 0.1) is 10.1 Å². The number of aromatic hydroxyl groups is 1. The average Bonchev–Trinajstić information content (AvgIpc) is 3.22. The number of ether oxygens (including phenoxy) is 1. The van der Waals surface area contributed by atoms with Gasteiger partial charge in [0.05, 0.1) is 28.3 Å². The second-order valence-corrected chi connectivity index (χ2v) is 9.90. The molecule has 9 heteroatoms. The summed E-state index contributed by atoms with van der Waals surface area (Å²) in [5, 5.41) is 21.1. The van der Waals surface area contributed by atoms with E-state index in [2.05, 4.69) is 12.1 Å². The number of phenols is 1. The minimum Gasteiger partial charge on any atom is -0.502 e. The summed E-state index contributed by atoms with van der Waals surface area (Å²) in [7, 11) is 1.62. The molecular formula is C28H21N3O5S. The fraction of sp³-hybridized carbons (Fsp3) is 0.143. The first kappa shape index (κ1) is 22.9. The van der Waals surface area contributed by atoms with E-state index in [0.29, 0.717) is 14.9 Å². The van der Waals surface area contributed by atoms with Crippen molar-refractivity contribution in [1.82, 2.24) is 4.57 Å². The predicted octanol–water partition coefficient (Wildman–Crippen LogP) is 3.94. The number of methoxy groups -OCH3 is 1. The van der Waals surface area contributed by atoms with Gasteiger partial charge < -0.3 is 9.84 Å². The van der Waals surface area contributed by atoms with Gasteiger partial charge in [-0.3, -0.25) is 19.5 Å². The van der Waals surface area contributed by atoms with Crippen molar-refractivity contribution in [1.29, 1.82) is 0 Å². The molecule has 1 unspecified atom stereocenters. The normalized spacial score (nSPS) is 16.5. The summed E-state index contributed by atoms with van der Waals surface area (Å²) >= 11 is 1.25. The number of aryl methyl sites for hydroxylation is 1. The molecule has 0 radical (unpaired) electrons. The lowest BCUT2D eigenvalue weighted by molar-refractivity contribution is -0.385. The zero-order chi connectivity index (χ0) is 25.7. The van der Waals surface area contributed by atoms with Gasteiger partial charge in [-0.05, 0) is 59.4 Å². The monoisotopic (exact) mass is 511 g/mol. The van der Waals surface area contributed by atoms with Gasteiger partial charge in [0, 0.05) is 11.6 Å². The van der Waals surface area contributed by atoms with Crippen LogP contribution >= 0.6 is 11.3 Å². The smallest absolute Gasteiger partial charge is 0.311 e. The lowest BCUT2D eigenvalue weighted by atomic mass is 9.83. The summed E-state index contributed by atoms with van der Waals surface area (Å²) in [6, 6.07) is 19.7. The summed E-state index contributed by atoms with van der Waals surface area (Å²) < 4.78 is 7.47. The maximum absolute atomic E-state index is 13.8. The number of thiazole rings is 1. The zero-order valence-corrected chi connectivity index (χ0v) is 20.6. The molecule has 0 amide bonds. The number of benzene rings is 3. The fourth-order valence-corrected chi connectivity index (χ4v) is 6.04. The van der Waals surface area contributed by atoms with E-state index in [1.165, 1.54) is 29.0 Å². The van der Waals surface area contributed by atoms with Crippen molar-refractivity contribution >= 4 is 28.8 Å². The van der Waals surface area contributed by atoms with Crippen LogP contribution in [0.15, 0.2) is 82.1 Å². The van der Waals surface area contributed by atoms with Crippen molar-refractivity contribution < 1.29 is 14.8 Å². The van der Waals surface area contributed by atoms with Crippen LogP contribution in [0.25, 0.3) is 11.8 Å². The molecule has 2 heterocycles. The Balaban J connectivity index is 1.59. The van der Waals surface area contributed by atoms with Gasteiger partial charge >= 0.3 is 5.69 Å². The maximum Gasteiger partial charge on any atom is 0.311 e. The van der Waals surface area contributed by atoms with E-state index in [9.17, 15) is 20.0 Å². The van der Waals surface area contributed by atoms with Crippen LogP contribution in [0.5, 0.6) is 11.5 Å². The van der Waals surface area contributed by atoms with Crippen LogP contribution in [-0.2, 0) is 6.42 Å². The third-order valence-corrected chi connectivity index (χ3v) is 7.78. The van der Waals surface area contributed by atoms with Gasteiger partial charge in [0.25, 0.3) is 5.56 Å². The van der Waals surface area contributed by atoms with Gasteiger partial charge in [-0.15, -0.1) is 0 Å². The molecule has 184 valence electrons. The molecule has 0 fully saturated rings. The highest BCUT2D eigenvalue weighted by Crippen LogP contribution is 2.41. The van der Waals surface area contributed by atoms with Gasteiger partial charge in [0.1, 0.15) is 5.75 Å². The molecule has 6 rings (SSSR count). The van der Waals surface area contributed by atoms with Crippen LogP contribution in [-0.4, -0.2) is 21.7 Å². The second kappa shape index (κ2) is 8.86. The summed E-state index contributed by atoms with van der Waals surface area (Å²) in [5.41, 5.74) is 5.07. The number of fused-ring (bicyclic) bond motifs is 3. The van der Waals surface area contributed by atoms with E-state index >= 15 is 0 Å². The summed E-state index contributed by atoms with van der Waals surface area (Å²) in [4.78, 5) is 30.0. The number of aromatic nitrogens is 1. The fourth-order valence-electron chi connectivity index (χ4n) is 5.04. The first-order valence-corrected chi connectivity index (χ1v) is 12.5. The number of nitro groups is 1. The van der Waals surface area contributed by atoms with Crippen molar-refractivity contribution in [2.45, 2.75) is 18.9 Å². The molecule has 1 atom stereocenters. The molecule has 3 aromatic carbocycles. The average molecular weight is 512 g/mol. The highest BCUT2D eigenvalue weighted by molar-refractivity contribution is 7.07. The van der Waals surface area contributed by atoms with Gasteiger partial charge in [-0.1, -0.05) is 53.8 Å². The molecule has 2 aliphatic rings. The zero-order valence-electron chi connectivity index (χ0n) is 19.7. The van der Waals surface area contributed by atoms with Crippen LogP contribution in [0.1, 0.15) is 34.7 Å². The maximum atomic E-state index is 13.8. The van der Waals surface area contributed by atoms with E-state index in [4.69, 9.17) is 9.73 Å². The minimum absolute atomic E-state index is 0.217. The highest BCUT2D eigenvalue weighted by Gasteiger charge is 2.32. The Hall–Kier alpha value is -4.50. The van der Waals surface area contributed by atoms with Crippen LogP contribution in [0.4, 0.5) is 5.69 Å². The largest absolute Gasteiger partial charge is 0.502 e. The van der Waals surface area contributed by atoms with E-state index in [1.54, 1.807) is 23.8 Å². The number of hydrogen-bond acceptors (Lipinski definition) is 7. The Morgan fingerprint density at radius 3 is 2.68 bits per heavy atom. The standard InChI is InChI=1S/C28H21N3O5S/c1-36-19-10-7-18(8-11-19)26-21-12-9-17-4-2-3-5-20(17)25(21)29-28-30(26)27(33)24(37-28)15-16-6-13-23(32)22(14-16)31(34)35/h2-8,10-11,13-15,26,32H,9,12H2,1H3. The van der Waals surface area contributed by atoms with Crippen LogP contribution in [0.3, 0.4) is 0 Å². The predicted molar refractivity (Wildman–Crippen MR) is 141 cm³/mol. The Kier molecular flexibility index (Phi) is 5.49. The molecule has 8 nitrogen and oxygen atoms in total. The molecular weight excluding hydrogens is 490 g/mol. The molecule has 1 N–H and O–H groups in total. The number of rotatable bonds is 4. The topological polar surface area (TPSA) is 107 Å². The highest BCUT2D eigenvalue weighted by atomic mass is 32.1. The minimum atomic E-state index is -0.649. The van der Waals surface area contributed by atoms with Crippen molar-refractivity contribution in [2.75, 3.05) is 7.11 Å². The summed E-state index contributed by atoms with van der Waals surface area (Å²) in [6.45, 7) is 0. The van der Waals surface area contributed by atoms with Crippen molar-refractivity contribution in [3.8, 4) is 11.5 Å². The Morgan fingerprint density at radius 2 is 1.92 bits per heavy atom. The van der Waals surface area contributed by atoms with Crippen molar-refractivity contribution in [3.05, 3.63) is 124 Å². The molecule has 4 aromatic rings. The SMILES string of the molecule is COc1ccc(C2C3=C(N=c4sc(=Cc5ccc(O)c([N+](=O)[O-])c5)c(=O)n42)c2ccccc2CC3)cc1. The van der Waals surface area contributed by atoms with Gasteiger partial charge in [0.2, 0.25) is 0 Å². The summed E-state index contributed by atoms with van der Waals surface area (Å²) in [5.74, 6) is 0.308. The van der Waals surface area contributed by atoms with Crippen molar-refractivity contribution in [3.63, 3.8) is 0 Å². The quantitative estimate of drug-likeness (QED) is 0.330. The molecule has 1 aliphatic carbocycles. The van der Waals surface area contributed by atoms with Crippen LogP contribution < -0.4 is 19.6 Å². The van der Waals surface area contributed by atoms with Crippen molar-refractivity contribution in [2.24, 2.45) is 4.99 Å². The number of hydrogen-bond donors (Lipinski definition) is 1. The number of allylic oxidation sites excluding steroid dienone is 1. The third-order valence-electron chi connectivity index (χ3n) is 6.80. The van der Waals surface area contributed by atoms with Crippen LogP contribution in [0.2, 0.25) is 0 Å². The van der Waals surface area contributed by atoms with Gasteiger partial charge in [0.15, 0.2) is 10.6 Å². The number of nitrogens with zero attached hydrogens (tertiary/aromatic N) is 3. The van der Waals surface area contributed by atoms with E-state index < -0.39 is 16.4 Å². The molecule has 1 aliphatic heterocycles. The molecule has 0 saturated heterocycles. The number of phenolic OH excluding ortho intramolecular Hbond substituents is 1. The molecule has 0 saturated carbocycles. The molecule has 1 aromatic heterocycles. The first-order valence-electron chi connectivity index (χ1n) is 11.7. The van der Waals surface area contributed by atoms with E-state index in [0.717, 1.165) is 41.0 Å². The Morgan fingerprint density at radius 1 is 1.14 bits per heavy atom. The third kappa shape index (κ3) is 3.84. The second-order valence-electron chi connectivity index (χ2n) is 8.89. The van der Waals surface area contributed by atoms with E-state index in [-0.39, 0.29) is 11.6 Å². The molecule has 0 bridgehead atoms. The van der Waals surface area contributed by atoms with Gasteiger partial charge in [-0.25, -0.2) is 4.99 Å². The lowest BCUT2D eigenvalue weighted by Gasteiger charge is -2.30. The lowest BCUT2D eigenvalue weighted by Crippen LogP contribution is -2.38. The first-order chi connectivity index (χ1) is 17.9. The number of nitro benzene ring substituents is 1.